The monoisotopic (exact) mass is 261 g/mol. The van der Waals surface area contributed by atoms with Gasteiger partial charge >= 0.3 is 5.97 Å². The number of rotatable bonds is 3. The van der Waals surface area contributed by atoms with Crippen LogP contribution in [0.5, 0.6) is 0 Å². The number of ether oxygens (including phenoxy) is 1. The fourth-order valence-electron chi connectivity index (χ4n) is 1.83. The van der Waals surface area contributed by atoms with Gasteiger partial charge in [-0.1, -0.05) is 0 Å². The zero-order valence-electron chi connectivity index (χ0n) is 11.1. The Morgan fingerprint density at radius 2 is 2.11 bits per heavy atom. The molecule has 2 aromatic heterocycles. The second-order valence-electron chi connectivity index (χ2n) is 4.39. The Morgan fingerprint density at radius 3 is 2.74 bits per heavy atom. The summed E-state index contributed by atoms with van der Waals surface area (Å²) < 4.78 is 11.6. The van der Waals surface area contributed by atoms with Crippen LogP contribution in [0.25, 0.3) is 0 Å². The van der Waals surface area contributed by atoms with E-state index in [9.17, 15) is 9.59 Å². The fraction of sp³-hybridized carbons (Fsp3) is 0.286. The lowest BCUT2D eigenvalue weighted by Crippen LogP contribution is -2.18. The van der Waals surface area contributed by atoms with E-state index in [1.807, 2.05) is 13.0 Å². The Morgan fingerprint density at radius 1 is 1.37 bits per heavy atom. The van der Waals surface area contributed by atoms with Gasteiger partial charge in [-0.3, -0.25) is 4.79 Å². The number of hydrogen-bond acceptors (Lipinski definition) is 4. The minimum Gasteiger partial charge on any atom is -0.463 e. The number of aromatic nitrogens is 1. The second kappa shape index (κ2) is 5.14. The van der Waals surface area contributed by atoms with Crippen molar-refractivity contribution in [3.63, 3.8) is 0 Å². The first-order valence-corrected chi connectivity index (χ1v) is 5.86. The topological polar surface area (TPSA) is 61.4 Å². The van der Waals surface area contributed by atoms with Gasteiger partial charge in [-0.05, 0) is 31.5 Å². The van der Waals surface area contributed by atoms with Crippen LogP contribution in [0.15, 0.2) is 33.6 Å². The van der Waals surface area contributed by atoms with E-state index in [0.717, 1.165) is 5.56 Å². The van der Waals surface area contributed by atoms with Crippen molar-refractivity contribution in [3.8, 4) is 0 Å². The molecule has 2 rings (SSSR count). The highest BCUT2D eigenvalue weighted by Gasteiger charge is 2.16. The third-order valence-corrected chi connectivity index (χ3v) is 2.82. The maximum Gasteiger partial charge on any atom is 0.374 e. The quantitative estimate of drug-likeness (QED) is 0.792. The highest BCUT2D eigenvalue weighted by molar-refractivity contribution is 5.87. The van der Waals surface area contributed by atoms with Crippen LogP contribution in [0.1, 0.15) is 27.4 Å². The molecular formula is C14H15NO4. The van der Waals surface area contributed by atoms with E-state index in [0.29, 0.717) is 11.3 Å². The molecule has 0 saturated heterocycles. The first-order valence-electron chi connectivity index (χ1n) is 5.86. The largest absolute Gasteiger partial charge is 0.463 e. The molecule has 0 radical (unpaired) electrons. The SMILES string of the molecule is COC(=O)c1oc(Cn2ccc(C)cc2=O)cc1C. The van der Waals surface area contributed by atoms with Crippen molar-refractivity contribution >= 4 is 5.97 Å². The predicted octanol–water partition coefficient (Wildman–Crippen LogP) is 1.89. The van der Waals surface area contributed by atoms with Gasteiger partial charge in [0.05, 0.1) is 13.7 Å². The molecule has 2 aromatic rings. The van der Waals surface area contributed by atoms with E-state index in [1.165, 1.54) is 11.7 Å². The summed E-state index contributed by atoms with van der Waals surface area (Å²) >= 11 is 0. The van der Waals surface area contributed by atoms with E-state index < -0.39 is 5.97 Å². The van der Waals surface area contributed by atoms with Crippen LogP contribution in [0.2, 0.25) is 0 Å². The molecule has 0 saturated carbocycles. The van der Waals surface area contributed by atoms with Gasteiger partial charge in [-0.2, -0.15) is 0 Å². The van der Waals surface area contributed by atoms with E-state index in [1.54, 1.807) is 25.3 Å². The average molecular weight is 261 g/mol. The molecule has 0 amide bonds. The molecular weight excluding hydrogens is 246 g/mol. The molecule has 100 valence electrons. The van der Waals surface area contributed by atoms with Crippen molar-refractivity contribution in [2.45, 2.75) is 20.4 Å². The lowest BCUT2D eigenvalue weighted by Gasteiger charge is -2.03. The fourth-order valence-corrected chi connectivity index (χ4v) is 1.83. The number of esters is 1. The lowest BCUT2D eigenvalue weighted by atomic mass is 10.2. The summed E-state index contributed by atoms with van der Waals surface area (Å²) in [6.45, 7) is 3.91. The first kappa shape index (κ1) is 13.1. The number of methoxy groups -OCH3 is 1. The number of aryl methyl sites for hydroxylation is 2. The molecule has 0 atom stereocenters. The van der Waals surface area contributed by atoms with Crippen LogP contribution < -0.4 is 5.56 Å². The number of carbonyl (C=O) groups is 1. The molecule has 0 aliphatic carbocycles. The summed E-state index contributed by atoms with van der Waals surface area (Å²) in [6, 6.07) is 5.13. The molecule has 0 spiro atoms. The molecule has 5 heteroatoms. The number of furan rings is 1. The van der Waals surface area contributed by atoms with E-state index in [2.05, 4.69) is 4.74 Å². The van der Waals surface area contributed by atoms with Gasteiger partial charge in [0, 0.05) is 17.8 Å². The van der Waals surface area contributed by atoms with Gasteiger partial charge in [0.15, 0.2) is 0 Å². The van der Waals surface area contributed by atoms with Gasteiger partial charge in [0.2, 0.25) is 5.76 Å². The Balaban J connectivity index is 2.29. The molecule has 2 heterocycles. The smallest absolute Gasteiger partial charge is 0.374 e. The van der Waals surface area contributed by atoms with Gasteiger partial charge in [-0.15, -0.1) is 0 Å². The highest BCUT2D eigenvalue weighted by atomic mass is 16.5. The summed E-state index contributed by atoms with van der Waals surface area (Å²) in [6.07, 6.45) is 1.70. The van der Waals surface area contributed by atoms with E-state index >= 15 is 0 Å². The third-order valence-electron chi connectivity index (χ3n) is 2.82. The zero-order chi connectivity index (χ0) is 14.0. The lowest BCUT2D eigenvalue weighted by molar-refractivity contribution is 0.0561. The molecule has 0 aromatic carbocycles. The van der Waals surface area contributed by atoms with Crippen LogP contribution in [0.4, 0.5) is 0 Å². The maximum atomic E-state index is 11.8. The van der Waals surface area contributed by atoms with Crippen LogP contribution >= 0.6 is 0 Å². The second-order valence-corrected chi connectivity index (χ2v) is 4.39. The minimum absolute atomic E-state index is 0.103. The van der Waals surface area contributed by atoms with Gasteiger partial charge in [-0.25, -0.2) is 4.79 Å². The normalized spacial score (nSPS) is 10.5. The molecule has 5 nitrogen and oxygen atoms in total. The van der Waals surface area contributed by atoms with Crippen LogP contribution in [0, 0.1) is 13.8 Å². The van der Waals surface area contributed by atoms with Gasteiger partial charge in [0.1, 0.15) is 5.76 Å². The van der Waals surface area contributed by atoms with E-state index in [4.69, 9.17) is 4.42 Å². The van der Waals surface area contributed by atoms with Crippen molar-refractivity contribution in [2.24, 2.45) is 0 Å². The zero-order valence-corrected chi connectivity index (χ0v) is 11.1. The van der Waals surface area contributed by atoms with Crippen molar-refractivity contribution in [1.29, 1.82) is 0 Å². The summed E-state index contributed by atoms with van der Waals surface area (Å²) in [4.78, 5) is 23.2. The summed E-state index contributed by atoms with van der Waals surface area (Å²) in [5, 5.41) is 0. The van der Waals surface area contributed by atoms with E-state index in [-0.39, 0.29) is 17.9 Å². The number of pyridine rings is 1. The molecule has 0 fully saturated rings. The Bertz CT molecular complexity index is 666. The highest BCUT2D eigenvalue weighted by Crippen LogP contribution is 2.16. The van der Waals surface area contributed by atoms with Crippen molar-refractivity contribution < 1.29 is 13.9 Å². The van der Waals surface area contributed by atoms with Gasteiger partial charge < -0.3 is 13.7 Å². The Labute approximate surface area is 110 Å². The molecule has 0 bridgehead atoms. The van der Waals surface area contributed by atoms with Crippen molar-refractivity contribution in [3.05, 3.63) is 57.4 Å². The number of nitrogens with zero attached hydrogens (tertiary/aromatic N) is 1. The third kappa shape index (κ3) is 2.76. The maximum absolute atomic E-state index is 11.8. The average Bonchev–Trinajstić information content (AvgIpc) is 2.73. The Kier molecular flexibility index (Phi) is 3.55. The van der Waals surface area contributed by atoms with Gasteiger partial charge in [0.25, 0.3) is 5.56 Å². The summed E-state index contributed by atoms with van der Waals surface area (Å²) in [7, 11) is 1.30. The Hall–Kier alpha value is -2.30. The number of carbonyl (C=O) groups excluding carboxylic acids is 1. The van der Waals surface area contributed by atoms with Crippen molar-refractivity contribution in [1.82, 2.24) is 4.57 Å². The molecule has 0 unspecified atom stereocenters. The molecule has 0 aliphatic heterocycles. The van der Waals surface area contributed by atoms with Crippen molar-refractivity contribution in [2.75, 3.05) is 7.11 Å². The molecule has 0 aliphatic rings. The van der Waals surface area contributed by atoms with Crippen LogP contribution in [-0.2, 0) is 11.3 Å². The van der Waals surface area contributed by atoms with Crippen LogP contribution in [0.3, 0.4) is 0 Å². The first-order chi connectivity index (χ1) is 9.01. The number of hydrogen-bond donors (Lipinski definition) is 0. The summed E-state index contributed by atoms with van der Waals surface area (Å²) in [5.41, 5.74) is 1.50. The molecule has 19 heavy (non-hydrogen) atoms. The predicted molar refractivity (Wildman–Crippen MR) is 69.3 cm³/mol. The molecule has 0 N–H and O–H groups in total. The minimum atomic E-state index is -0.514. The van der Waals surface area contributed by atoms with Crippen LogP contribution in [-0.4, -0.2) is 17.6 Å². The standard InChI is InChI=1S/C14H15NO4/c1-9-4-5-15(12(16)6-9)8-11-7-10(2)13(19-11)14(17)18-3/h4-7H,8H2,1-3H3. The summed E-state index contributed by atoms with van der Waals surface area (Å²) in [5.74, 6) is 0.210.